The van der Waals surface area contributed by atoms with Gasteiger partial charge >= 0.3 is 0 Å². The summed E-state index contributed by atoms with van der Waals surface area (Å²) in [5, 5.41) is 3.95. The summed E-state index contributed by atoms with van der Waals surface area (Å²) in [5.41, 5.74) is 1.17. The highest BCUT2D eigenvalue weighted by atomic mass is 16.7. The van der Waals surface area contributed by atoms with Crippen LogP contribution in [-0.2, 0) is 4.84 Å². The Morgan fingerprint density at radius 2 is 2.10 bits per heavy atom. The number of oxime groups is 1. The number of hydrogen-bond donors (Lipinski definition) is 0. The molecule has 0 fully saturated rings. The number of rotatable bonds is 2. The van der Waals surface area contributed by atoms with Crippen molar-refractivity contribution in [2.24, 2.45) is 5.16 Å². The van der Waals surface area contributed by atoms with Crippen molar-refractivity contribution in [1.82, 2.24) is 0 Å². The molecular weight excluding hydrogens is 126 g/mol. The predicted octanol–water partition coefficient (Wildman–Crippen LogP) is 2.34. The summed E-state index contributed by atoms with van der Waals surface area (Å²) in [6.07, 6.45) is 3.13. The molecular formula is C8H15NO. The average molecular weight is 141 g/mol. The second-order valence-electron chi connectivity index (χ2n) is 2.98. The summed E-state index contributed by atoms with van der Waals surface area (Å²) in [4.78, 5) is 5.34. The lowest BCUT2D eigenvalue weighted by Gasteiger charge is -2.22. The summed E-state index contributed by atoms with van der Waals surface area (Å²) < 4.78 is 0. The predicted molar refractivity (Wildman–Crippen MR) is 42.1 cm³/mol. The van der Waals surface area contributed by atoms with Crippen molar-refractivity contribution in [3.8, 4) is 0 Å². The summed E-state index contributed by atoms with van der Waals surface area (Å²) in [5.74, 6) is 0. The van der Waals surface area contributed by atoms with Crippen LogP contribution in [0.3, 0.4) is 0 Å². The van der Waals surface area contributed by atoms with E-state index in [1.807, 2.05) is 6.92 Å². The first-order chi connectivity index (χ1) is 4.72. The van der Waals surface area contributed by atoms with Gasteiger partial charge in [0.25, 0.3) is 0 Å². The van der Waals surface area contributed by atoms with E-state index in [-0.39, 0.29) is 5.60 Å². The maximum absolute atomic E-state index is 5.34. The van der Waals surface area contributed by atoms with Gasteiger partial charge in [-0.05, 0) is 19.8 Å². The summed E-state index contributed by atoms with van der Waals surface area (Å²) in [6.45, 7) is 6.32. The van der Waals surface area contributed by atoms with Gasteiger partial charge in [-0.3, -0.25) is 0 Å². The second kappa shape index (κ2) is 2.60. The van der Waals surface area contributed by atoms with Gasteiger partial charge in [-0.2, -0.15) is 0 Å². The SMILES string of the molecule is CCC1(CC)CC(C)=NO1. The van der Waals surface area contributed by atoms with E-state index in [0.717, 1.165) is 25.0 Å². The molecule has 10 heavy (non-hydrogen) atoms. The van der Waals surface area contributed by atoms with E-state index in [9.17, 15) is 0 Å². The molecule has 0 saturated carbocycles. The van der Waals surface area contributed by atoms with E-state index in [2.05, 4.69) is 19.0 Å². The van der Waals surface area contributed by atoms with Crippen molar-refractivity contribution in [1.29, 1.82) is 0 Å². The van der Waals surface area contributed by atoms with Crippen LogP contribution >= 0.6 is 0 Å². The fraction of sp³-hybridized carbons (Fsp3) is 0.875. The summed E-state index contributed by atoms with van der Waals surface area (Å²) in [7, 11) is 0. The Bertz CT molecular complexity index is 147. The molecule has 0 aromatic carbocycles. The van der Waals surface area contributed by atoms with Gasteiger partial charge < -0.3 is 4.84 Å². The lowest BCUT2D eigenvalue weighted by molar-refractivity contribution is -0.0243. The normalized spacial score (nSPS) is 22.1. The third kappa shape index (κ3) is 1.15. The van der Waals surface area contributed by atoms with Crippen LogP contribution in [0.2, 0.25) is 0 Å². The Hall–Kier alpha value is -0.530. The van der Waals surface area contributed by atoms with Gasteiger partial charge in [0.2, 0.25) is 0 Å². The van der Waals surface area contributed by atoms with Crippen LogP contribution in [0, 0.1) is 0 Å². The van der Waals surface area contributed by atoms with Crippen molar-refractivity contribution < 1.29 is 4.84 Å². The molecule has 0 spiro atoms. The van der Waals surface area contributed by atoms with E-state index >= 15 is 0 Å². The van der Waals surface area contributed by atoms with Gasteiger partial charge in [0.15, 0.2) is 0 Å². The number of hydrogen-bond acceptors (Lipinski definition) is 2. The van der Waals surface area contributed by atoms with E-state index < -0.39 is 0 Å². The molecule has 0 aliphatic carbocycles. The Morgan fingerprint density at radius 1 is 1.50 bits per heavy atom. The molecule has 1 heterocycles. The van der Waals surface area contributed by atoms with E-state index in [0.29, 0.717) is 0 Å². The quantitative estimate of drug-likeness (QED) is 0.578. The third-order valence-corrected chi connectivity index (χ3v) is 2.26. The highest BCUT2D eigenvalue weighted by Crippen LogP contribution is 2.30. The molecule has 2 nitrogen and oxygen atoms in total. The number of nitrogens with zero attached hydrogens (tertiary/aromatic N) is 1. The first kappa shape index (κ1) is 7.58. The molecule has 0 radical (unpaired) electrons. The molecule has 0 atom stereocenters. The van der Waals surface area contributed by atoms with Gasteiger partial charge in [-0.1, -0.05) is 19.0 Å². The fourth-order valence-electron chi connectivity index (χ4n) is 1.33. The highest BCUT2D eigenvalue weighted by Gasteiger charge is 2.33. The van der Waals surface area contributed by atoms with Crippen molar-refractivity contribution in [3.63, 3.8) is 0 Å². The van der Waals surface area contributed by atoms with Crippen molar-refractivity contribution in [3.05, 3.63) is 0 Å². The lowest BCUT2D eigenvalue weighted by atomic mass is 9.92. The van der Waals surface area contributed by atoms with Crippen LogP contribution in [0.5, 0.6) is 0 Å². The Morgan fingerprint density at radius 3 is 2.30 bits per heavy atom. The monoisotopic (exact) mass is 141 g/mol. The van der Waals surface area contributed by atoms with Crippen LogP contribution in [0.1, 0.15) is 40.0 Å². The van der Waals surface area contributed by atoms with Gasteiger partial charge in [0, 0.05) is 6.42 Å². The molecule has 0 aromatic heterocycles. The zero-order valence-corrected chi connectivity index (χ0v) is 6.98. The van der Waals surface area contributed by atoms with Crippen LogP contribution < -0.4 is 0 Å². The Labute approximate surface area is 62.3 Å². The molecule has 1 rings (SSSR count). The van der Waals surface area contributed by atoms with Crippen LogP contribution in [-0.4, -0.2) is 11.3 Å². The first-order valence-corrected chi connectivity index (χ1v) is 3.94. The average Bonchev–Trinajstić information content (AvgIpc) is 2.33. The van der Waals surface area contributed by atoms with Crippen LogP contribution in [0.25, 0.3) is 0 Å². The van der Waals surface area contributed by atoms with Gasteiger partial charge in [0.1, 0.15) is 5.60 Å². The van der Waals surface area contributed by atoms with Gasteiger partial charge in [-0.25, -0.2) is 0 Å². The van der Waals surface area contributed by atoms with Crippen molar-refractivity contribution >= 4 is 5.71 Å². The van der Waals surface area contributed by atoms with E-state index in [1.54, 1.807) is 0 Å². The standard InChI is InChI=1S/C8H15NO/c1-4-8(5-2)6-7(3)9-10-8/h4-6H2,1-3H3. The zero-order valence-electron chi connectivity index (χ0n) is 6.98. The second-order valence-corrected chi connectivity index (χ2v) is 2.98. The molecule has 0 amide bonds. The maximum Gasteiger partial charge on any atom is 0.142 e. The minimum atomic E-state index is 0.0457. The minimum absolute atomic E-state index is 0.0457. The molecule has 0 aromatic rings. The molecule has 0 bridgehead atoms. The third-order valence-electron chi connectivity index (χ3n) is 2.26. The lowest BCUT2D eigenvalue weighted by Crippen LogP contribution is -2.26. The smallest absolute Gasteiger partial charge is 0.142 e. The first-order valence-electron chi connectivity index (χ1n) is 3.94. The topological polar surface area (TPSA) is 21.6 Å². The molecule has 2 heteroatoms. The van der Waals surface area contributed by atoms with E-state index in [1.165, 1.54) is 0 Å². The molecule has 58 valence electrons. The van der Waals surface area contributed by atoms with Gasteiger partial charge in [-0.15, -0.1) is 0 Å². The van der Waals surface area contributed by atoms with Crippen molar-refractivity contribution in [2.45, 2.75) is 45.6 Å². The highest BCUT2D eigenvalue weighted by molar-refractivity contribution is 5.83. The maximum atomic E-state index is 5.34. The summed E-state index contributed by atoms with van der Waals surface area (Å²) in [6, 6.07) is 0. The van der Waals surface area contributed by atoms with E-state index in [4.69, 9.17) is 4.84 Å². The fourth-order valence-corrected chi connectivity index (χ4v) is 1.33. The summed E-state index contributed by atoms with van der Waals surface area (Å²) >= 11 is 0. The van der Waals surface area contributed by atoms with Gasteiger partial charge in [0.05, 0.1) is 5.71 Å². The molecule has 0 N–H and O–H groups in total. The Kier molecular flexibility index (Phi) is 1.97. The Balaban J connectivity index is 2.57. The largest absolute Gasteiger partial charge is 0.389 e. The molecule has 1 aliphatic rings. The molecule has 0 unspecified atom stereocenters. The minimum Gasteiger partial charge on any atom is -0.389 e. The van der Waals surface area contributed by atoms with Crippen LogP contribution in [0.4, 0.5) is 0 Å². The molecule has 0 saturated heterocycles. The van der Waals surface area contributed by atoms with Crippen molar-refractivity contribution in [2.75, 3.05) is 0 Å². The molecule has 1 aliphatic heterocycles. The van der Waals surface area contributed by atoms with Crippen LogP contribution in [0.15, 0.2) is 5.16 Å². The zero-order chi connectivity index (χ0) is 7.61.